The Morgan fingerprint density at radius 2 is 1.57 bits per heavy atom. The Labute approximate surface area is 255 Å². The minimum absolute atomic E-state index is 0.241. The van der Waals surface area contributed by atoms with Gasteiger partial charge >= 0.3 is 0 Å². The summed E-state index contributed by atoms with van der Waals surface area (Å²) < 4.78 is 11.0. The molecule has 3 aliphatic carbocycles. The number of nitrogens with zero attached hydrogens (tertiary/aromatic N) is 2. The van der Waals surface area contributed by atoms with E-state index in [4.69, 9.17) is 9.47 Å². The molecule has 1 N–H and O–H groups in total. The molecule has 0 radical (unpaired) electrons. The van der Waals surface area contributed by atoms with E-state index >= 15 is 0 Å². The monoisotopic (exact) mass is 585 g/mol. The van der Waals surface area contributed by atoms with Gasteiger partial charge in [-0.05, 0) is 71.1 Å². The SMILES string of the molecule is CCCOc1ccc(N2C(=O)[C@H]3C4c5ccccc5C(/C=N\NC(=O)c5cccc(OC)c5)(c5ccccc54)[C@H]3C2=O)cc1. The predicted octanol–water partition coefficient (Wildman–Crippen LogP) is 5.45. The van der Waals surface area contributed by atoms with Gasteiger partial charge in [-0.1, -0.05) is 61.5 Å². The van der Waals surface area contributed by atoms with Gasteiger partial charge in [0.05, 0.1) is 36.7 Å². The molecule has 1 saturated heterocycles. The van der Waals surface area contributed by atoms with Gasteiger partial charge in [0.1, 0.15) is 11.5 Å². The number of imide groups is 1. The van der Waals surface area contributed by atoms with Crippen LogP contribution in [0, 0.1) is 11.8 Å². The molecule has 2 bridgehead atoms. The van der Waals surface area contributed by atoms with Gasteiger partial charge in [0, 0.05) is 17.7 Å². The van der Waals surface area contributed by atoms with E-state index in [9.17, 15) is 14.4 Å². The van der Waals surface area contributed by atoms with E-state index in [2.05, 4.69) is 10.5 Å². The first kappa shape index (κ1) is 27.6. The molecule has 1 fully saturated rings. The zero-order valence-electron chi connectivity index (χ0n) is 24.4. The second kappa shape index (κ2) is 10.8. The van der Waals surface area contributed by atoms with E-state index in [1.165, 1.54) is 12.0 Å². The Kier molecular flexibility index (Phi) is 6.77. The van der Waals surface area contributed by atoms with Crippen molar-refractivity contribution < 1.29 is 23.9 Å². The van der Waals surface area contributed by atoms with Gasteiger partial charge < -0.3 is 9.47 Å². The third-order valence-electron chi connectivity index (χ3n) is 9.02. The first-order chi connectivity index (χ1) is 21.5. The summed E-state index contributed by atoms with van der Waals surface area (Å²) >= 11 is 0. The molecule has 44 heavy (non-hydrogen) atoms. The van der Waals surface area contributed by atoms with Crippen LogP contribution in [0.4, 0.5) is 5.69 Å². The van der Waals surface area contributed by atoms with Crippen molar-refractivity contribution >= 4 is 29.6 Å². The average molecular weight is 586 g/mol. The van der Waals surface area contributed by atoms with Crippen LogP contribution in [0.25, 0.3) is 0 Å². The number of hydrogen-bond acceptors (Lipinski definition) is 6. The summed E-state index contributed by atoms with van der Waals surface area (Å²) in [5.41, 5.74) is 6.27. The molecule has 0 saturated carbocycles. The molecule has 4 aromatic rings. The molecule has 220 valence electrons. The summed E-state index contributed by atoms with van der Waals surface area (Å²) in [4.78, 5) is 43.3. The summed E-state index contributed by atoms with van der Waals surface area (Å²) in [7, 11) is 1.54. The third-order valence-corrected chi connectivity index (χ3v) is 9.02. The molecule has 1 aliphatic heterocycles. The molecule has 1 heterocycles. The molecule has 4 aliphatic rings. The van der Waals surface area contributed by atoms with Crippen LogP contribution in [0.1, 0.15) is 51.9 Å². The molecule has 8 nitrogen and oxygen atoms in total. The Morgan fingerprint density at radius 3 is 2.23 bits per heavy atom. The summed E-state index contributed by atoms with van der Waals surface area (Å²) in [6.07, 6.45) is 2.53. The number of anilines is 1. The molecular formula is C36H31N3O5. The van der Waals surface area contributed by atoms with E-state index in [1.54, 1.807) is 54.7 Å². The van der Waals surface area contributed by atoms with Gasteiger partial charge in [0.2, 0.25) is 11.8 Å². The van der Waals surface area contributed by atoms with Crippen LogP contribution in [-0.2, 0) is 15.0 Å². The van der Waals surface area contributed by atoms with Crippen LogP contribution in [-0.4, -0.2) is 37.7 Å². The number of carbonyl (C=O) groups excluding carboxylic acids is 3. The number of amides is 3. The first-order valence-electron chi connectivity index (χ1n) is 14.8. The predicted molar refractivity (Wildman–Crippen MR) is 166 cm³/mol. The van der Waals surface area contributed by atoms with E-state index in [0.717, 1.165) is 28.7 Å². The maximum Gasteiger partial charge on any atom is 0.271 e. The van der Waals surface area contributed by atoms with Gasteiger partial charge in [0.15, 0.2) is 0 Å². The van der Waals surface area contributed by atoms with Crippen molar-refractivity contribution in [3.63, 3.8) is 0 Å². The minimum Gasteiger partial charge on any atom is -0.497 e. The minimum atomic E-state index is -1.08. The highest BCUT2D eigenvalue weighted by Gasteiger charge is 2.68. The van der Waals surface area contributed by atoms with Crippen LogP contribution < -0.4 is 19.8 Å². The van der Waals surface area contributed by atoms with Gasteiger partial charge in [-0.25, -0.2) is 10.3 Å². The molecule has 8 rings (SSSR count). The fourth-order valence-corrected chi connectivity index (χ4v) is 7.24. The lowest BCUT2D eigenvalue weighted by atomic mass is 9.47. The molecule has 3 amide bonds. The van der Waals surface area contributed by atoms with Crippen LogP contribution in [0.2, 0.25) is 0 Å². The second-order valence-corrected chi connectivity index (χ2v) is 11.3. The number of ether oxygens (including phenoxy) is 2. The zero-order chi connectivity index (χ0) is 30.4. The third kappa shape index (κ3) is 4.05. The number of methoxy groups -OCH3 is 1. The second-order valence-electron chi connectivity index (χ2n) is 11.3. The molecule has 0 aromatic heterocycles. The van der Waals surface area contributed by atoms with Gasteiger partial charge in [-0.15, -0.1) is 0 Å². The lowest BCUT2D eigenvalue weighted by molar-refractivity contribution is -0.122. The highest BCUT2D eigenvalue weighted by Crippen LogP contribution is 2.63. The highest BCUT2D eigenvalue weighted by molar-refractivity contribution is 6.25. The van der Waals surface area contributed by atoms with Crippen molar-refractivity contribution in [3.8, 4) is 11.5 Å². The smallest absolute Gasteiger partial charge is 0.271 e. The largest absolute Gasteiger partial charge is 0.497 e. The summed E-state index contributed by atoms with van der Waals surface area (Å²) in [5.74, 6) is -1.39. The molecular weight excluding hydrogens is 554 g/mol. The van der Waals surface area contributed by atoms with Crippen molar-refractivity contribution in [1.29, 1.82) is 0 Å². The van der Waals surface area contributed by atoms with Crippen LogP contribution in [0.5, 0.6) is 11.5 Å². The topological polar surface area (TPSA) is 97.3 Å². The molecule has 0 spiro atoms. The highest BCUT2D eigenvalue weighted by atomic mass is 16.5. The maximum atomic E-state index is 14.5. The number of hydrogen-bond donors (Lipinski definition) is 1. The quantitative estimate of drug-likeness (QED) is 0.169. The van der Waals surface area contributed by atoms with Gasteiger partial charge in [-0.3, -0.25) is 14.4 Å². The fraction of sp³-hybridized carbons (Fsp3) is 0.222. The number of hydrazone groups is 1. The van der Waals surface area contributed by atoms with Gasteiger partial charge in [0.25, 0.3) is 5.91 Å². The fourth-order valence-electron chi connectivity index (χ4n) is 7.24. The molecule has 4 aromatic carbocycles. The normalized spacial score (nSPS) is 22.9. The molecule has 2 atom stereocenters. The van der Waals surface area contributed by atoms with Crippen LogP contribution in [0.3, 0.4) is 0 Å². The number of nitrogens with one attached hydrogen (secondary N) is 1. The average Bonchev–Trinajstić information content (AvgIpc) is 3.34. The lowest BCUT2D eigenvalue weighted by Crippen LogP contribution is -2.54. The lowest BCUT2D eigenvalue weighted by Gasteiger charge is -2.52. The number of carbonyl (C=O) groups is 3. The van der Waals surface area contributed by atoms with E-state index in [1.807, 2.05) is 55.5 Å². The number of benzene rings is 4. The van der Waals surface area contributed by atoms with E-state index in [0.29, 0.717) is 29.4 Å². The number of rotatable bonds is 8. The van der Waals surface area contributed by atoms with Crippen molar-refractivity contribution in [2.24, 2.45) is 16.9 Å². The zero-order valence-corrected chi connectivity index (χ0v) is 24.4. The Bertz CT molecular complexity index is 1770. The van der Waals surface area contributed by atoms with Crippen LogP contribution >= 0.6 is 0 Å². The van der Waals surface area contributed by atoms with Gasteiger partial charge in [-0.2, -0.15) is 5.10 Å². The van der Waals surface area contributed by atoms with E-state index < -0.39 is 23.2 Å². The summed E-state index contributed by atoms with van der Waals surface area (Å²) in [5, 5.41) is 4.49. The Balaban J connectivity index is 1.33. The van der Waals surface area contributed by atoms with Crippen molar-refractivity contribution in [2.75, 3.05) is 18.6 Å². The standard InChI is InChI=1S/C36H31N3O5/c1-3-19-44-24-17-15-23(16-18-24)39-34(41)31-30-26-11-4-6-13-28(26)36(32(31)35(39)42,29-14-7-5-12-27(29)30)21-37-38-33(40)22-9-8-10-25(20-22)43-2/h4-18,20-21,30-32H,3,19H2,1-2H3,(H,38,40)/b37-21-/t30?,31-,32+,36?/m0/s1. The van der Waals surface area contributed by atoms with Crippen LogP contribution in [0.15, 0.2) is 102 Å². The van der Waals surface area contributed by atoms with Crippen molar-refractivity contribution in [2.45, 2.75) is 24.7 Å². The molecule has 8 heteroatoms. The maximum absolute atomic E-state index is 14.5. The van der Waals surface area contributed by atoms with Crippen molar-refractivity contribution in [3.05, 3.63) is 125 Å². The summed E-state index contributed by atoms with van der Waals surface area (Å²) in [6.45, 7) is 2.62. The first-order valence-corrected chi connectivity index (χ1v) is 14.8. The van der Waals surface area contributed by atoms with Crippen molar-refractivity contribution in [1.82, 2.24) is 5.43 Å². The summed E-state index contributed by atoms with van der Waals surface area (Å²) in [6, 6.07) is 29.8. The van der Waals surface area contributed by atoms with E-state index in [-0.39, 0.29) is 17.7 Å². The molecule has 0 unspecified atom stereocenters. The Morgan fingerprint density at radius 1 is 0.886 bits per heavy atom. The Hall–Kier alpha value is -5.24.